The number of hydrogen-bond acceptors (Lipinski definition) is 7. The second-order valence-corrected chi connectivity index (χ2v) is 11.9. The number of likely N-dealkylation sites (tertiary alicyclic amines) is 1. The van der Waals surface area contributed by atoms with Crippen molar-refractivity contribution in [3.05, 3.63) is 74.7 Å². The Morgan fingerprint density at radius 3 is 2.47 bits per heavy atom. The first kappa shape index (κ1) is 28.0. The molecule has 0 radical (unpaired) electrons. The summed E-state index contributed by atoms with van der Waals surface area (Å²) in [6, 6.07) is 7.64. The fourth-order valence-corrected chi connectivity index (χ4v) is 6.22. The van der Waals surface area contributed by atoms with Gasteiger partial charge in [-0.25, -0.2) is 22.2 Å². The first-order chi connectivity index (χ1) is 17.0. The SMILES string of the molecule is CC1(C)CCN1Cc1cccc(Cl)c1CNc1cc(F)c(S(=O)(=O)Cc2cscn2)c(F)c1.O=CO. The molecule has 0 amide bonds. The van der Waals surface area contributed by atoms with Crippen LogP contribution in [0.2, 0.25) is 5.02 Å². The molecule has 1 aliphatic heterocycles. The second-order valence-electron chi connectivity index (χ2n) is 8.83. The average Bonchev–Trinajstić information content (AvgIpc) is 3.28. The van der Waals surface area contributed by atoms with Gasteiger partial charge in [-0.05, 0) is 49.6 Å². The molecule has 4 rings (SSSR count). The van der Waals surface area contributed by atoms with Gasteiger partial charge in [0.15, 0.2) is 9.84 Å². The summed E-state index contributed by atoms with van der Waals surface area (Å²) in [5.41, 5.74) is 3.84. The number of aromatic nitrogens is 1. The number of hydrogen-bond donors (Lipinski definition) is 2. The minimum absolute atomic E-state index is 0.124. The molecule has 2 heterocycles. The molecular weight excluding hydrogens is 532 g/mol. The van der Waals surface area contributed by atoms with Gasteiger partial charge in [-0.3, -0.25) is 9.69 Å². The van der Waals surface area contributed by atoms with Crippen LogP contribution in [-0.4, -0.2) is 42.0 Å². The van der Waals surface area contributed by atoms with Crippen LogP contribution in [0.25, 0.3) is 0 Å². The smallest absolute Gasteiger partial charge is 0.290 e. The molecule has 2 N–H and O–H groups in total. The molecule has 0 spiro atoms. The molecule has 194 valence electrons. The summed E-state index contributed by atoms with van der Waals surface area (Å²) in [7, 11) is -4.22. The van der Waals surface area contributed by atoms with Crippen LogP contribution >= 0.6 is 22.9 Å². The lowest BCUT2D eigenvalue weighted by atomic mass is 9.88. The van der Waals surface area contributed by atoms with Gasteiger partial charge in [-0.15, -0.1) is 11.3 Å². The third-order valence-corrected chi connectivity index (χ3v) is 8.70. The maximum absolute atomic E-state index is 14.7. The van der Waals surface area contributed by atoms with E-state index in [1.54, 1.807) is 6.07 Å². The van der Waals surface area contributed by atoms with E-state index in [4.69, 9.17) is 21.5 Å². The summed E-state index contributed by atoms with van der Waals surface area (Å²) in [5.74, 6) is -2.85. The minimum atomic E-state index is -4.22. The number of rotatable bonds is 8. The van der Waals surface area contributed by atoms with Gasteiger partial charge in [0.1, 0.15) is 16.5 Å². The Labute approximate surface area is 217 Å². The highest BCUT2D eigenvalue weighted by Crippen LogP contribution is 2.33. The Hall–Kier alpha value is -2.60. The standard InChI is InChI=1S/C23H24ClF2N3O2S2.CH2O2/c1-23(2)6-7-29(23)11-15-4-3-5-19(24)18(15)10-27-16-8-20(25)22(21(26)9-16)33(30,31)13-17-12-32-14-28-17;2-1-3/h3-5,8-9,12,14,27H,6-7,10-11,13H2,1-2H3;1H,(H,2,3). The molecule has 0 atom stereocenters. The first-order valence-electron chi connectivity index (χ1n) is 10.9. The van der Waals surface area contributed by atoms with Crippen molar-refractivity contribution < 1.29 is 27.1 Å². The van der Waals surface area contributed by atoms with Crippen LogP contribution < -0.4 is 5.32 Å². The van der Waals surface area contributed by atoms with Gasteiger partial charge < -0.3 is 10.4 Å². The van der Waals surface area contributed by atoms with Crippen LogP contribution in [0.5, 0.6) is 0 Å². The van der Waals surface area contributed by atoms with Gasteiger partial charge >= 0.3 is 0 Å². The molecule has 0 unspecified atom stereocenters. The Morgan fingerprint density at radius 2 is 1.94 bits per heavy atom. The van der Waals surface area contributed by atoms with E-state index >= 15 is 0 Å². The first-order valence-corrected chi connectivity index (χ1v) is 13.9. The lowest BCUT2D eigenvalue weighted by Gasteiger charge is -2.48. The molecule has 12 heteroatoms. The van der Waals surface area contributed by atoms with E-state index in [1.807, 2.05) is 12.1 Å². The molecule has 3 aromatic rings. The number of carbonyl (C=O) groups is 1. The van der Waals surface area contributed by atoms with Gasteiger partial charge in [0.2, 0.25) is 0 Å². The van der Waals surface area contributed by atoms with Crippen molar-refractivity contribution in [3.8, 4) is 0 Å². The Bertz CT molecular complexity index is 1300. The van der Waals surface area contributed by atoms with Crippen molar-refractivity contribution >= 4 is 44.9 Å². The Morgan fingerprint density at radius 1 is 1.28 bits per heavy atom. The Kier molecular flexibility index (Phi) is 9.04. The molecule has 7 nitrogen and oxygen atoms in total. The largest absolute Gasteiger partial charge is 0.483 e. The third-order valence-electron chi connectivity index (χ3n) is 6.03. The number of anilines is 1. The summed E-state index contributed by atoms with van der Waals surface area (Å²) in [6.07, 6.45) is 1.12. The number of nitrogens with zero attached hydrogens (tertiary/aromatic N) is 2. The molecule has 0 saturated carbocycles. The van der Waals surface area contributed by atoms with Gasteiger partial charge in [-0.2, -0.15) is 0 Å². The predicted molar refractivity (Wildman–Crippen MR) is 136 cm³/mol. The van der Waals surface area contributed by atoms with E-state index in [2.05, 4.69) is 29.0 Å². The van der Waals surface area contributed by atoms with Gasteiger partial charge in [-0.1, -0.05) is 23.7 Å². The van der Waals surface area contributed by atoms with E-state index < -0.39 is 32.1 Å². The van der Waals surface area contributed by atoms with E-state index in [0.29, 0.717) is 5.02 Å². The zero-order valence-corrected chi connectivity index (χ0v) is 22.1. The normalized spacial score (nSPS) is 14.9. The average molecular weight is 558 g/mol. The summed E-state index contributed by atoms with van der Waals surface area (Å²) >= 11 is 7.65. The number of nitrogens with one attached hydrogen (secondary N) is 1. The zero-order chi connectivity index (χ0) is 26.5. The number of thiazole rings is 1. The Balaban J connectivity index is 0.00000115. The van der Waals surface area contributed by atoms with Crippen molar-refractivity contribution in [2.45, 2.75) is 49.5 Å². The molecular formula is C24H26ClF2N3O4S2. The summed E-state index contributed by atoms with van der Waals surface area (Å²) in [4.78, 5) is 13.7. The second kappa shape index (κ2) is 11.6. The summed E-state index contributed by atoms with van der Waals surface area (Å²) < 4.78 is 54.5. The highest BCUT2D eigenvalue weighted by Gasteiger charge is 2.35. The lowest BCUT2D eigenvalue weighted by molar-refractivity contribution is -0.122. The monoisotopic (exact) mass is 557 g/mol. The zero-order valence-electron chi connectivity index (χ0n) is 19.7. The quantitative estimate of drug-likeness (QED) is 0.360. The fourth-order valence-electron chi connectivity index (χ4n) is 3.89. The topological polar surface area (TPSA) is 99.6 Å². The van der Waals surface area contributed by atoms with Crippen molar-refractivity contribution in [2.24, 2.45) is 0 Å². The predicted octanol–water partition coefficient (Wildman–Crippen LogP) is 5.35. The summed E-state index contributed by atoms with van der Waals surface area (Å²) in [6.45, 7) is 6.09. The van der Waals surface area contributed by atoms with Crippen LogP contribution in [0.4, 0.5) is 14.5 Å². The molecule has 2 aromatic carbocycles. The molecule has 0 aliphatic carbocycles. The molecule has 0 bridgehead atoms. The molecule has 1 aromatic heterocycles. The van der Waals surface area contributed by atoms with Crippen molar-refractivity contribution in [1.82, 2.24) is 9.88 Å². The van der Waals surface area contributed by atoms with E-state index in [0.717, 1.165) is 42.8 Å². The van der Waals surface area contributed by atoms with Crippen LogP contribution in [0.1, 0.15) is 37.1 Å². The number of benzene rings is 2. The van der Waals surface area contributed by atoms with Crippen LogP contribution in [0, 0.1) is 11.6 Å². The summed E-state index contributed by atoms with van der Waals surface area (Å²) in [5, 5.41) is 12.0. The van der Waals surface area contributed by atoms with Crippen LogP contribution in [0.3, 0.4) is 0 Å². The van der Waals surface area contributed by atoms with Crippen molar-refractivity contribution in [3.63, 3.8) is 0 Å². The minimum Gasteiger partial charge on any atom is -0.483 e. The molecule has 1 aliphatic rings. The fraction of sp³-hybridized carbons (Fsp3) is 0.333. The van der Waals surface area contributed by atoms with Crippen LogP contribution in [0.15, 0.2) is 46.1 Å². The number of sulfone groups is 1. The number of carboxylic acid groups (broad SMARTS) is 1. The highest BCUT2D eigenvalue weighted by molar-refractivity contribution is 7.90. The molecule has 36 heavy (non-hydrogen) atoms. The van der Waals surface area contributed by atoms with E-state index in [9.17, 15) is 17.2 Å². The maximum Gasteiger partial charge on any atom is 0.290 e. The third kappa shape index (κ3) is 6.58. The van der Waals surface area contributed by atoms with E-state index in [-0.39, 0.29) is 29.9 Å². The van der Waals surface area contributed by atoms with Crippen LogP contribution in [-0.2, 0) is 33.5 Å². The van der Waals surface area contributed by atoms with Crippen molar-refractivity contribution in [1.29, 1.82) is 0 Å². The lowest BCUT2D eigenvalue weighted by Crippen LogP contribution is -2.55. The maximum atomic E-state index is 14.7. The van der Waals surface area contributed by atoms with Crippen molar-refractivity contribution in [2.75, 3.05) is 11.9 Å². The van der Waals surface area contributed by atoms with E-state index in [1.165, 1.54) is 22.2 Å². The highest BCUT2D eigenvalue weighted by atomic mass is 35.5. The molecule has 1 fully saturated rings. The van der Waals surface area contributed by atoms with Gasteiger partial charge in [0.05, 0.1) is 17.0 Å². The van der Waals surface area contributed by atoms with Gasteiger partial charge in [0, 0.05) is 41.3 Å². The van der Waals surface area contributed by atoms with Gasteiger partial charge in [0.25, 0.3) is 6.47 Å². The number of halogens is 3. The molecule has 1 saturated heterocycles.